The molecule has 1 amide bonds. The Morgan fingerprint density at radius 1 is 1.00 bits per heavy atom. The molecule has 5 rings (SSSR count). The van der Waals surface area contributed by atoms with Crippen LogP contribution >= 0.6 is 0 Å². The van der Waals surface area contributed by atoms with Gasteiger partial charge in [0, 0.05) is 13.1 Å². The highest BCUT2D eigenvalue weighted by molar-refractivity contribution is 6.07. The zero-order chi connectivity index (χ0) is 21.0. The van der Waals surface area contributed by atoms with Crippen LogP contribution in [0.3, 0.4) is 0 Å². The van der Waals surface area contributed by atoms with Crippen LogP contribution in [0.25, 0.3) is 16.7 Å². The number of hydrogen-bond acceptors (Lipinski definition) is 3. The number of anilines is 1. The van der Waals surface area contributed by atoms with Gasteiger partial charge in [0.1, 0.15) is 11.5 Å². The number of aromatic nitrogens is 4. The fourth-order valence-electron chi connectivity index (χ4n) is 3.71. The highest BCUT2D eigenvalue weighted by atomic mass is 19.4. The Morgan fingerprint density at radius 3 is 2.50 bits per heavy atom. The number of para-hydroxylation sites is 3. The first-order chi connectivity index (χ1) is 14.4. The first-order valence-corrected chi connectivity index (χ1v) is 9.03. The maximum Gasteiger partial charge on any atom is 0.434 e. The molecule has 2 aromatic carbocycles. The Balaban J connectivity index is 1.62. The van der Waals surface area contributed by atoms with Crippen LogP contribution in [0.5, 0.6) is 0 Å². The highest BCUT2D eigenvalue weighted by Gasteiger charge is 2.43. The largest absolute Gasteiger partial charge is 0.434 e. The van der Waals surface area contributed by atoms with Gasteiger partial charge < -0.3 is 4.57 Å². The van der Waals surface area contributed by atoms with E-state index in [0.717, 1.165) is 17.8 Å². The van der Waals surface area contributed by atoms with Gasteiger partial charge in [-0.15, -0.1) is 0 Å². The molecule has 0 aliphatic carbocycles. The molecule has 0 saturated heterocycles. The number of benzene rings is 2. The lowest BCUT2D eigenvalue weighted by Crippen LogP contribution is -2.31. The predicted molar refractivity (Wildman–Crippen MR) is 99.9 cm³/mol. The van der Waals surface area contributed by atoms with E-state index in [-0.39, 0.29) is 12.5 Å². The number of halogens is 4. The lowest BCUT2D eigenvalue weighted by molar-refractivity contribution is -0.143. The Kier molecular flexibility index (Phi) is 3.92. The van der Waals surface area contributed by atoms with E-state index in [1.165, 1.54) is 23.1 Å². The molecule has 4 aromatic rings. The maximum absolute atomic E-state index is 14.1. The molecule has 1 aliphatic heterocycles. The Morgan fingerprint density at radius 2 is 1.73 bits per heavy atom. The van der Waals surface area contributed by atoms with E-state index in [0.29, 0.717) is 16.7 Å². The molecular formula is C20H13F4N5O. The van der Waals surface area contributed by atoms with Gasteiger partial charge in [0.05, 0.1) is 22.8 Å². The average Bonchev–Trinajstić information content (AvgIpc) is 3.40. The van der Waals surface area contributed by atoms with Crippen LogP contribution in [-0.4, -0.2) is 31.8 Å². The van der Waals surface area contributed by atoms with Crippen molar-refractivity contribution >= 4 is 22.9 Å². The molecule has 1 aliphatic rings. The Bertz CT molecular complexity index is 1290. The quantitative estimate of drug-likeness (QED) is 0.465. The molecule has 10 heteroatoms. The molecule has 0 unspecified atom stereocenters. The number of imidazole rings is 1. The van der Waals surface area contributed by atoms with E-state index in [1.54, 1.807) is 16.7 Å². The Labute approximate surface area is 167 Å². The summed E-state index contributed by atoms with van der Waals surface area (Å²) in [4.78, 5) is 18.7. The SMILES string of the molecule is O=C(c1cnn(-c2ccccc2F)c1C(F)(F)F)N1CCn2c1nc1ccccc12. The molecule has 30 heavy (non-hydrogen) atoms. The van der Waals surface area contributed by atoms with Crippen molar-refractivity contribution in [3.8, 4) is 5.69 Å². The van der Waals surface area contributed by atoms with Gasteiger partial charge in [-0.05, 0) is 24.3 Å². The van der Waals surface area contributed by atoms with E-state index in [4.69, 9.17) is 0 Å². The molecule has 0 saturated carbocycles. The minimum absolute atomic E-state index is 0.175. The van der Waals surface area contributed by atoms with E-state index in [2.05, 4.69) is 10.1 Å². The summed E-state index contributed by atoms with van der Waals surface area (Å²) >= 11 is 0. The summed E-state index contributed by atoms with van der Waals surface area (Å²) in [6, 6.07) is 12.2. The summed E-state index contributed by atoms with van der Waals surface area (Å²) in [5.74, 6) is -1.50. The second-order valence-corrected chi connectivity index (χ2v) is 6.78. The topological polar surface area (TPSA) is 56.0 Å². The molecule has 0 spiro atoms. The smallest absolute Gasteiger partial charge is 0.308 e. The van der Waals surface area contributed by atoms with Crippen LogP contribution in [0.2, 0.25) is 0 Å². The lowest BCUT2D eigenvalue weighted by atomic mass is 10.2. The number of rotatable bonds is 2. The van der Waals surface area contributed by atoms with Gasteiger partial charge in [0.2, 0.25) is 5.95 Å². The molecule has 3 heterocycles. The summed E-state index contributed by atoms with van der Waals surface area (Å²) in [7, 11) is 0. The first-order valence-electron chi connectivity index (χ1n) is 9.03. The van der Waals surface area contributed by atoms with Crippen molar-refractivity contribution in [2.24, 2.45) is 0 Å². The zero-order valence-corrected chi connectivity index (χ0v) is 15.3. The number of carbonyl (C=O) groups is 1. The van der Waals surface area contributed by atoms with Crippen molar-refractivity contribution in [1.29, 1.82) is 0 Å². The van der Waals surface area contributed by atoms with Crippen molar-refractivity contribution in [3.05, 3.63) is 71.8 Å². The maximum atomic E-state index is 14.1. The van der Waals surface area contributed by atoms with Gasteiger partial charge in [0.25, 0.3) is 5.91 Å². The molecular weight excluding hydrogens is 402 g/mol. The number of hydrogen-bond donors (Lipinski definition) is 0. The molecule has 0 bridgehead atoms. The third-order valence-corrected chi connectivity index (χ3v) is 5.02. The van der Waals surface area contributed by atoms with Crippen molar-refractivity contribution in [2.45, 2.75) is 12.7 Å². The van der Waals surface area contributed by atoms with Crippen LogP contribution in [0, 0.1) is 5.82 Å². The minimum Gasteiger partial charge on any atom is -0.308 e. The summed E-state index contributed by atoms with van der Waals surface area (Å²) in [5.41, 5.74) is -0.944. The number of nitrogens with zero attached hydrogens (tertiary/aromatic N) is 5. The average molecular weight is 415 g/mol. The predicted octanol–water partition coefficient (Wildman–Crippen LogP) is 4.04. The van der Waals surface area contributed by atoms with Gasteiger partial charge >= 0.3 is 6.18 Å². The van der Waals surface area contributed by atoms with E-state index in [1.807, 2.05) is 12.1 Å². The van der Waals surface area contributed by atoms with Crippen molar-refractivity contribution < 1.29 is 22.4 Å². The Hall–Kier alpha value is -3.69. The van der Waals surface area contributed by atoms with Gasteiger partial charge in [0.15, 0.2) is 5.69 Å². The van der Waals surface area contributed by atoms with Crippen LogP contribution in [0.15, 0.2) is 54.7 Å². The van der Waals surface area contributed by atoms with Gasteiger partial charge in [-0.25, -0.2) is 14.1 Å². The molecule has 6 nitrogen and oxygen atoms in total. The summed E-state index contributed by atoms with van der Waals surface area (Å²) in [5, 5.41) is 3.69. The van der Waals surface area contributed by atoms with Crippen LogP contribution in [0.1, 0.15) is 16.1 Å². The molecule has 0 fully saturated rings. The summed E-state index contributed by atoms with van der Waals surface area (Å²) < 4.78 is 58.0. The molecule has 0 radical (unpaired) electrons. The van der Waals surface area contributed by atoms with Gasteiger partial charge in [-0.2, -0.15) is 18.3 Å². The van der Waals surface area contributed by atoms with Gasteiger partial charge in [-0.1, -0.05) is 24.3 Å². The third kappa shape index (κ3) is 2.67. The van der Waals surface area contributed by atoms with Crippen LogP contribution < -0.4 is 4.90 Å². The summed E-state index contributed by atoms with van der Waals surface area (Å²) in [6.07, 6.45) is -4.10. The van der Waals surface area contributed by atoms with E-state index >= 15 is 0 Å². The van der Waals surface area contributed by atoms with Crippen molar-refractivity contribution in [3.63, 3.8) is 0 Å². The monoisotopic (exact) mass is 415 g/mol. The highest BCUT2D eigenvalue weighted by Crippen LogP contribution is 2.36. The second kappa shape index (κ2) is 6.41. The fraction of sp³-hybridized carbons (Fsp3) is 0.150. The van der Waals surface area contributed by atoms with Gasteiger partial charge in [-0.3, -0.25) is 9.69 Å². The van der Waals surface area contributed by atoms with Crippen LogP contribution in [0.4, 0.5) is 23.5 Å². The van der Waals surface area contributed by atoms with E-state index in [9.17, 15) is 22.4 Å². The second-order valence-electron chi connectivity index (χ2n) is 6.78. The zero-order valence-electron chi connectivity index (χ0n) is 15.3. The lowest BCUT2D eigenvalue weighted by Gasteiger charge is -2.16. The van der Waals surface area contributed by atoms with Crippen LogP contribution in [-0.2, 0) is 12.7 Å². The molecule has 0 atom stereocenters. The normalized spacial score (nSPS) is 13.8. The van der Waals surface area contributed by atoms with E-state index < -0.39 is 34.8 Å². The number of amides is 1. The van der Waals surface area contributed by atoms with Crippen molar-refractivity contribution in [1.82, 2.24) is 19.3 Å². The summed E-state index contributed by atoms with van der Waals surface area (Å²) in [6.45, 7) is 0.582. The number of fused-ring (bicyclic) bond motifs is 3. The third-order valence-electron chi connectivity index (χ3n) is 5.02. The minimum atomic E-state index is -4.93. The number of alkyl halides is 3. The molecule has 152 valence electrons. The molecule has 2 aromatic heterocycles. The fourth-order valence-corrected chi connectivity index (χ4v) is 3.71. The molecule has 0 N–H and O–H groups in total. The van der Waals surface area contributed by atoms with Crippen molar-refractivity contribution in [2.75, 3.05) is 11.4 Å². The number of carbonyl (C=O) groups excluding carboxylic acids is 1. The first kappa shape index (κ1) is 18.3. The standard InChI is InChI=1S/C20H13F4N5O/c21-13-5-1-3-7-15(13)29-17(20(22,23)24)12(11-25-29)18(30)28-10-9-27-16-8-4-2-6-14(16)26-19(27)28/h1-8,11H,9-10H2.